The Hall–Kier alpha value is -3.54. The molecule has 3 aromatic rings. The molecule has 6 heteroatoms. The number of nitrogens with zero attached hydrogens (tertiary/aromatic N) is 1. The molecule has 2 fully saturated rings. The maximum absolute atomic E-state index is 13.4. The fourth-order valence-electron chi connectivity index (χ4n) is 6.59. The Kier molecular flexibility index (Phi) is 6.27. The van der Waals surface area contributed by atoms with Gasteiger partial charge in [0, 0.05) is 35.0 Å². The number of rotatable bonds is 5. The maximum atomic E-state index is 13.4. The van der Waals surface area contributed by atoms with E-state index in [2.05, 4.69) is 24.3 Å². The molecular weight excluding hydrogens is 472 g/mol. The number of amides is 1. The molecule has 0 radical (unpaired) electrons. The zero-order chi connectivity index (χ0) is 25.5. The van der Waals surface area contributed by atoms with Gasteiger partial charge in [0.25, 0.3) is 6.43 Å². The van der Waals surface area contributed by atoms with Crippen LogP contribution in [0.2, 0.25) is 0 Å². The molecule has 190 valence electrons. The number of carbonyl (C=O) groups is 2. The van der Waals surface area contributed by atoms with Crippen LogP contribution >= 0.6 is 0 Å². The van der Waals surface area contributed by atoms with Crippen molar-refractivity contribution in [3.8, 4) is 11.1 Å². The first-order valence-electron chi connectivity index (χ1n) is 13.1. The molecule has 0 saturated carbocycles. The molecule has 2 heterocycles. The Morgan fingerprint density at radius 2 is 1.41 bits per heavy atom. The van der Waals surface area contributed by atoms with Crippen LogP contribution in [0, 0.1) is 5.92 Å². The van der Waals surface area contributed by atoms with E-state index in [1.54, 1.807) is 0 Å². The van der Waals surface area contributed by atoms with E-state index in [1.165, 1.54) is 46.5 Å². The van der Waals surface area contributed by atoms with Crippen LogP contribution in [-0.4, -0.2) is 35.5 Å². The normalized spacial score (nSPS) is 22.5. The van der Waals surface area contributed by atoms with E-state index < -0.39 is 6.43 Å². The molecular formula is C31H29F2NO3. The molecule has 6 rings (SSSR count). The van der Waals surface area contributed by atoms with Crippen molar-refractivity contribution in [1.29, 1.82) is 0 Å². The molecule has 4 nitrogen and oxygen atoms in total. The van der Waals surface area contributed by atoms with Gasteiger partial charge in [0.15, 0.2) is 5.78 Å². The summed E-state index contributed by atoms with van der Waals surface area (Å²) in [6.45, 7) is 0.279. The second kappa shape index (κ2) is 9.73. The van der Waals surface area contributed by atoms with E-state index in [0.717, 1.165) is 19.3 Å². The van der Waals surface area contributed by atoms with Gasteiger partial charge in [-0.2, -0.15) is 0 Å². The molecule has 37 heavy (non-hydrogen) atoms. The van der Waals surface area contributed by atoms with Crippen LogP contribution in [0.1, 0.15) is 71.5 Å². The Morgan fingerprint density at radius 1 is 0.838 bits per heavy atom. The van der Waals surface area contributed by atoms with E-state index in [0.29, 0.717) is 18.4 Å². The summed E-state index contributed by atoms with van der Waals surface area (Å²) < 4.78 is 31.8. The first kappa shape index (κ1) is 23.8. The minimum atomic E-state index is -2.55. The highest BCUT2D eigenvalue weighted by molar-refractivity contribution is 5.98. The van der Waals surface area contributed by atoms with Gasteiger partial charge in [-0.25, -0.2) is 13.6 Å². The van der Waals surface area contributed by atoms with Crippen LogP contribution in [0.15, 0.2) is 72.8 Å². The third kappa shape index (κ3) is 4.32. The molecule has 2 unspecified atom stereocenters. The predicted molar refractivity (Wildman–Crippen MR) is 137 cm³/mol. The number of benzene rings is 3. The Bertz CT molecular complexity index is 1260. The quantitative estimate of drug-likeness (QED) is 0.343. The zero-order valence-electron chi connectivity index (χ0n) is 20.5. The van der Waals surface area contributed by atoms with Gasteiger partial charge in [0.05, 0.1) is 0 Å². The maximum Gasteiger partial charge on any atom is 0.410 e. The van der Waals surface area contributed by atoms with Crippen LogP contribution in [0.4, 0.5) is 13.6 Å². The number of alkyl halides is 2. The molecule has 1 amide bonds. The van der Waals surface area contributed by atoms with E-state index >= 15 is 0 Å². The number of hydrogen-bond donors (Lipinski definition) is 0. The first-order valence-corrected chi connectivity index (χ1v) is 13.1. The number of Topliss-reactive ketones (excluding diaryl/α,β-unsaturated/α-hetero) is 1. The van der Waals surface area contributed by atoms with Crippen molar-refractivity contribution in [3.05, 3.63) is 95.1 Å². The van der Waals surface area contributed by atoms with Crippen LogP contribution in [0.5, 0.6) is 0 Å². The molecule has 2 bridgehead atoms. The molecule has 0 N–H and O–H groups in total. The molecule has 1 aliphatic carbocycles. The van der Waals surface area contributed by atoms with Gasteiger partial charge in [-0.3, -0.25) is 4.79 Å². The van der Waals surface area contributed by atoms with Gasteiger partial charge < -0.3 is 9.64 Å². The molecule has 3 aromatic carbocycles. The third-order valence-corrected chi connectivity index (χ3v) is 8.34. The third-order valence-electron chi connectivity index (χ3n) is 8.34. The monoisotopic (exact) mass is 501 g/mol. The number of halogens is 2. The van der Waals surface area contributed by atoms with Crippen molar-refractivity contribution >= 4 is 11.9 Å². The first-order chi connectivity index (χ1) is 18.0. The van der Waals surface area contributed by atoms with Gasteiger partial charge >= 0.3 is 6.09 Å². The van der Waals surface area contributed by atoms with Crippen LogP contribution in [0.25, 0.3) is 11.1 Å². The highest BCUT2D eigenvalue weighted by Gasteiger charge is 2.44. The predicted octanol–water partition coefficient (Wildman–Crippen LogP) is 7.39. The lowest BCUT2D eigenvalue weighted by atomic mass is 9.76. The van der Waals surface area contributed by atoms with Crippen molar-refractivity contribution in [2.75, 3.05) is 6.61 Å². The topological polar surface area (TPSA) is 46.6 Å². The second-order valence-electron chi connectivity index (χ2n) is 10.4. The second-order valence-corrected chi connectivity index (χ2v) is 10.4. The lowest BCUT2D eigenvalue weighted by Gasteiger charge is -2.47. The number of fused-ring (bicyclic) bond motifs is 5. The summed E-state index contributed by atoms with van der Waals surface area (Å²) in [6.07, 6.45) is 1.01. The summed E-state index contributed by atoms with van der Waals surface area (Å²) in [5.41, 5.74) is 5.12. The summed E-state index contributed by atoms with van der Waals surface area (Å²) in [4.78, 5) is 28.5. The summed E-state index contributed by atoms with van der Waals surface area (Å²) in [7, 11) is 0. The molecule has 0 spiro atoms. The van der Waals surface area contributed by atoms with Gasteiger partial charge in [-0.05, 0) is 54.4 Å². The van der Waals surface area contributed by atoms with Crippen molar-refractivity contribution in [2.24, 2.45) is 5.92 Å². The minimum Gasteiger partial charge on any atom is -0.448 e. The lowest BCUT2D eigenvalue weighted by Crippen LogP contribution is -2.55. The van der Waals surface area contributed by atoms with Crippen molar-refractivity contribution < 1.29 is 23.1 Å². The van der Waals surface area contributed by atoms with Crippen LogP contribution in [0.3, 0.4) is 0 Å². The van der Waals surface area contributed by atoms with Gasteiger partial charge in [0.1, 0.15) is 6.61 Å². The Labute approximate surface area is 215 Å². The van der Waals surface area contributed by atoms with Crippen LogP contribution in [-0.2, 0) is 4.74 Å². The van der Waals surface area contributed by atoms with E-state index in [1.807, 2.05) is 29.2 Å². The summed E-state index contributed by atoms with van der Waals surface area (Å²) in [5.74, 6) is -0.234. The Morgan fingerprint density at radius 3 is 1.97 bits per heavy atom. The van der Waals surface area contributed by atoms with Gasteiger partial charge in [0.2, 0.25) is 0 Å². The SMILES string of the molecule is O=C(c1ccc(C(F)F)cc1)C1CC2CCCC(C1)N2C(=O)OCC1c2ccccc2-c2ccccc21. The average molecular weight is 502 g/mol. The number of carbonyl (C=O) groups excluding carboxylic acids is 2. The summed E-state index contributed by atoms with van der Waals surface area (Å²) in [6, 6.07) is 22.1. The molecule has 2 aliphatic heterocycles. The van der Waals surface area contributed by atoms with Crippen LogP contribution < -0.4 is 0 Å². The largest absolute Gasteiger partial charge is 0.448 e. The molecule has 0 aromatic heterocycles. The number of hydrogen-bond acceptors (Lipinski definition) is 3. The van der Waals surface area contributed by atoms with Gasteiger partial charge in [-0.1, -0.05) is 72.8 Å². The highest BCUT2D eigenvalue weighted by Crippen LogP contribution is 2.45. The van der Waals surface area contributed by atoms with E-state index in [9.17, 15) is 18.4 Å². The molecule has 2 saturated heterocycles. The summed E-state index contributed by atoms with van der Waals surface area (Å²) in [5, 5.41) is 0. The Balaban J connectivity index is 1.14. The minimum absolute atomic E-state index is 0.00604. The fraction of sp³-hybridized carbons (Fsp3) is 0.355. The number of piperidine rings is 2. The van der Waals surface area contributed by atoms with E-state index in [4.69, 9.17) is 4.74 Å². The molecule has 2 atom stereocenters. The van der Waals surface area contributed by atoms with Crippen molar-refractivity contribution in [2.45, 2.75) is 56.5 Å². The zero-order valence-corrected chi connectivity index (χ0v) is 20.5. The molecule has 3 aliphatic rings. The number of ketones is 1. The van der Waals surface area contributed by atoms with Crippen molar-refractivity contribution in [3.63, 3.8) is 0 Å². The van der Waals surface area contributed by atoms with E-state index in [-0.39, 0.29) is 48.0 Å². The van der Waals surface area contributed by atoms with Gasteiger partial charge in [-0.15, -0.1) is 0 Å². The standard InChI is InChI=1S/C31H29F2NO3/c32-30(33)20-14-12-19(13-15-20)29(35)21-16-22-6-5-7-23(17-21)34(22)31(36)37-18-28-26-10-3-1-8-24(26)25-9-2-4-11-27(25)28/h1-4,8-15,21-23,28,30H,5-7,16-18H2. The highest BCUT2D eigenvalue weighted by atomic mass is 19.3. The van der Waals surface area contributed by atoms with Crippen molar-refractivity contribution in [1.82, 2.24) is 4.90 Å². The number of ether oxygens (including phenoxy) is 1. The average Bonchev–Trinajstić information content (AvgIpc) is 3.24. The summed E-state index contributed by atoms with van der Waals surface area (Å²) >= 11 is 0. The smallest absolute Gasteiger partial charge is 0.410 e. The lowest BCUT2D eigenvalue weighted by molar-refractivity contribution is 0.00651. The fourth-order valence-corrected chi connectivity index (χ4v) is 6.59.